The largest absolute Gasteiger partial charge is 0.382 e. The number of hydrogen-bond acceptors (Lipinski definition) is 8. The molecule has 0 aliphatic carbocycles. The summed E-state index contributed by atoms with van der Waals surface area (Å²) >= 11 is 1.75. The standard InChI is InChI=1S/C21H22N6O2S/c1-13-23-9-14(10-24-13)20(28)27-5-3-21(4-6-27)15-8-18(30-17(15)2-7-29-21)16-11-26-19(22)12-25-16/h8-12H,2-7H2,1H3,(H2,22,26). The Labute approximate surface area is 178 Å². The molecular weight excluding hydrogens is 400 g/mol. The van der Waals surface area contributed by atoms with Crippen molar-refractivity contribution in [2.75, 3.05) is 25.4 Å². The number of piperidine rings is 1. The second-order valence-electron chi connectivity index (χ2n) is 7.68. The van der Waals surface area contributed by atoms with Gasteiger partial charge in [-0.1, -0.05) is 0 Å². The molecule has 0 unspecified atom stereocenters. The van der Waals surface area contributed by atoms with Crippen molar-refractivity contribution in [1.82, 2.24) is 24.8 Å². The second kappa shape index (κ2) is 7.41. The molecule has 0 aromatic carbocycles. The van der Waals surface area contributed by atoms with Crippen LogP contribution in [0.1, 0.15) is 39.5 Å². The highest BCUT2D eigenvalue weighted by Gasteiger charge is 2.43. The molecule has 0 atom stereocenters. The molecule has 0 radical (unpaired) electrons. The second-order valence-corrected chi connectivity index (χ2v) is 8.81. The van der Waals surface area contributed by atoms with E-state index in [9.17, 15) is 4.79 Å². The molecule has 3 aromatic rings. The number of anilines is 1. The monoisotopic (exact) mass is 422 g/mol. The van der Waals surface area contributed by atoms with Gasteiger partial charge in [0, 0.05) is 36.8 Å². The number of carbonyl (C=O) groups excluding carboxylic acids is 1. The number of aryl methyl sites for hydroxylation is 1. The topological polar surface area (TPSA) is 107 Å². The Bertz CT molecular complexity index is 1070. The van der Waals surface area contributed by atoms with Crippen molar-refractivity contribution < 1.29 is 9.53 Å². The van der Waals surface area contributed by atoms with E-state index < -0.39 is 0 Å². The van der Waals surface area contributed by atoms with E-state index in [1.54, 1.807) is 36.1 Å². The molecule has 3 aromatic heterocycles. The summed E-state index contributed by atoms with van der Waals surface area (Å²) in [7, 11) is 0. The third-order valence-corrected chi connectivity index (χ3v) is 7.04. The quantitative estimate of drug-likeness (QED) is 0.676. The number of rotatable bonds is 2. The summed E-state index contributed by atoms with van der Waals surface area (Å²) in [5.74, 6) is 1.05. The van der Waals surface area contributed by atoms with Crippen LogP contribution in [0.4, 0.5) is 5.82 Å². The van der Waals surface area contributed by atoms with Gasteiger partial charge in [0.1, 0.15) is 11.6 Å². The average molecular weight is 423 g/mol. The van der Waals surface area contributed by atoms with Gasteiger partial charge < -0.3 is 15.4 Å². The van der Waals surface area contributed by atoms with Gasteiger partial charge in [-0.2, -0.15) is 0 Å². The first kappa shape index (κ1) is 19.1. The van der Waals surface area contributed by atoms with Crippen molar-refractivity contribution in [1.29, 1.82) is 0 Å². The molecule has 1 spiro atoms. The van der Waals surface area contributed by atoms with Crippen LogP contribution in [0.3, 0.4) is 0 Å². The van der Waals surface area contributed by atoms with Crippen LogP contribution in [0.25, 0.3) is 10.6 Å². The Kier molecular flexibility index (Phi) is 4.71. The van der Waals surface area contributed by atoms with E-state index in [1.165, 1.54) is 10.4 Å². The molecular formula is C21H22N6O2S. The molecule has 9 heteroatoms. The first-order chi connectivity index (χ1) is 14.5. The minimum Gasteiger partial charge on any atom is -0.382 e. The third-order valence-electron chi connectivity index (χ3n) is 5.82. The number of nitrogens with zero attached hydrogens (tertiary/aromatic N) is 5. The van der Waals surface area contributed by atoms with E-state index in [-0.39, 0.29) is 11.5 Å². The van der Waals surface area contributed by atoms with E-state index in [4.69, 9.17) is 10.5 Å². The summed E-state index contributed by atoms with van der Waals surface area (Å²) in [5.41, 5.74) is 7.92. The molecule has 5 heterocycles. The number of thiophene rings is 1. The SMILES string of the molecule is Cc1ncc(C(=O)N2CCC3(CC2)OCCc2sc(-c4cnc(N)cn4)cc23)cn1. The molecule has 1 saturated heterocycles. The van der Waals surface area contributed by atoms with Gasteiger partial charge in [0.25, 0.3) is 5.91 Å². The van der Waals surface area contributed by atoms with Crippen LogP contribution < -0.4 is 5.73 Å². The Morgan fingerprint density at radius 1 is 1.13 bits per heavy atom. The maximum absolute atomic E-state index is 12.8. The van der Waals surface area contributed by atoms with Crippen LogP contribution in [0.15, 0.2) is 30.9 Å². The predicted octanol–water partition coefficient (Wildman–Crippen LogP) is 2.59. The summed E-state index contributed by atoms with van der Waals surface area (Å²) in [4.78, 5) is 34.0. The molecule has 2 aliphatic rings. The number of ether oxygens (including phenoxy) is 1. The van der Waals surface area contributed by atoms with Gasteiger partial charge in [0.15, 0.2) is 0 Å². The van der Waals surface area contributed by atoms with Crippen molar-refractivity contribution in [3.63, 3.8) is 0 Å². The zero-order valence-corrected chi connectivity index (χ0v) is 17.5. The normalized spacial score (nSPS) is 17.7. The fraction of sp³-hybridized carbons (Fsp3) is 0.381. The molecule has 2 N–H and O–H groups in total. The summed E-state index contributed by atoms with van der Waals surface area (Å²) in [6.07, 6.45) is 8.92. The smallest absolute Gasteiger partial charge is 0.256 e. The Balaban J connectivity index is 1.37. The van der Waals surface area contributed by atoms with Crippen LogP contribution >= 0.6 is 11.3 Å². The maximum Gasteiger partial charge on any atom is 0.256 e. The van der Waals surface area contributed by atoms with Crippen molar-refractivity contribution in [3.8, 4) is 10.6 Å². The van der Waals surface area contributed by atoms with E-state index in [1.807, 2.05) is 11.8 Å². The number of nitrogens with two attached hydrogens (primary N) is 1. The Morgan fingerprint density at radius 2 is 1.90 bits per heavy atom. The lowest BCUT2D eigenvalue weighted by Crippen LogP contribution is -2.48. The summed E-state index contributed by atoms with van der Waals surface area (Å²) in [6, 6.07) is 2.19. The van der Waals surface area contributed by atoms with Gasteiger partial charge in [-0.25, -0.2) is 19.9 Å². The van der Waals surface area contributed by atoms with Gasteiger partial charge in [0.2, 0.25) is 0 Å². The zero-order chi connectivity index (χ0) is 20.7. The Hall–Kier alpha value is -2.91. The lowest BCUT2D eigenvalue weighted by Gasteiger charge is -2.44. The lowest BCUT2D eigenvalue weighted by molar-refractivity contribution is -0.0926. The lowest BCUT2D eigenvalue weighted by atomic mass is 9.82. The van der Waals surface area contributed by atoms with Crippen LogP contribution in [-0.2, 0) is 16.8 Å². The number of likely N-dealkylation sites (tertiary alicyclic amines) is 1. The van der Waals surface area contributed by atoms with E-state index in [0.29, 0.717) is 36.9 Å². The highest BCUT2D eigenvalue weighted by molar-refractivity contribution is 7.15. The molecule has 1 fully saturated rings. The highest BCUT2D eigenvalue weighted by atomic mass is 32.1. The minimum absolute atomic E-state index is 0.0240. The summed E-state index contributed by atoms with van der Waals surface area (Å²) in [5, 5.41) is 0. The van der Waals surface area contributed by atoms with Gasteiger partial charge in [-0.05, 0) is 31.4 Å². The Morgan fingerprint density at radius 3 is 2.60 bits per heavy atom. The number of carbonyl (C=O) groups is 1. The molecule has 154 valence electrons. The van der Waals surface area contributed by atoms with Crippen molar-refractivity contribution >= 4 is 23.1 Å². The van der Waals surface area contributed by atoms with E-state index in [0.717, 1.165) is 29.8 Å². The van der Waals surface area contributed by atoms with Gasteiger partial charge in [-0.15, -0.1) is 11.3 Å². The molecule has 5 rings (SSSR count). The summed E-state index contributed by atoms with van der Waals surface area (Å²) in [6.45, 7) is 3.78. The van der Waals surface area contributed by atoms with E-state index in [2.05, 4.69) is 26.0 Å². The molecule has 2 aliphatic heterocycles. The molecule has 8 nitrogen and oxygen atoms in total. The highest BCUT2D eigenvalue weighted by Crippen LogP contribution is 2.46. The zero-order valence-electron chi connectivity index (χ0n) is 16.7. The number of hydrogen-bond donors (Lipinski definition) is 1. The van der Waals surface area contributed by atoms with Gasteiger partial charge >= 0.3 is 0 Å². The molecule has 0 bridgehead atoms. The van der Waals surface area contributed by atoms with Gasteiger partial charge in [-0.3, -0.25) is 4.79 Å². The van der Waals surface area contributed by atoms with E-state index >= 15 is 0 Å². The number of nitrogen functional groups attached to an aromatic ring is 1. The van der Waals surface area contributed by atoms with Crippen molar-refractivity contribution in [3.05, 3.63) is 52.7 Å². The fourth-order valence-corrected chi connectivity index (χ4v) is 5.37. The van der Waals surface area contributed by atoms with Gasteiger partial charge in [0.05, 0.1) is 40.7 Å². The molecule has 30 heavy (non-hydrogen) atoms. The number of aromatic nitrogens is 4. The van der Waals surface area contributed by atoms with Crippen LogP contribution in [-0.4, -0.2) is 50.4 Å². The first-order valence-corrected chi connectivity index (χ1v) is 10.8. The fourth-order valence-electron chi connectivity index (χ4n) is 4.18. The molecule has 1 amide bonds. The van der Waals surface area contributed by atoms with Crippen LogP contribution in [0, 0.1) is 6.92 Å². The number of amides is 1. The van der Waals surface area contributed by atoms with Crippen LogP contribution in [0.2, 0.25) is 0 Å². The van der Waals surface area contributed by atoms with Crippen LogP contribution in [0.5, 0.6) is 0 Å². The minimum atomic E-state index is -0.343. The average Bonchev–Trinajstić information content (AvgIpc) is 3.21. The van der Waals surface area contributed by atoms with Crippen molar-refractivity contribution in [2.24, 2.45) is 0 Å². The first-order valence-electron chi connectivity index (χ1n) is 9.97. The summed E-state index contributed by atoms with van der Waals surface area (Å²) < 4.78 is 6.34. The third kappa shape index (κ3) is 3.33. The molecule has 0 saturated carbocycles. The maximum atomic E-state index is 12.8. The predicted molar refractivity (Wildman–Crippen MR) is 113 cm³/mol. The number of fused-ring (bicyclic) bond motifs is 2. The van der Waals surface area contributed by atoms with Crippen molar-refractivity contribution in [2.45, 2.75) is 31.8 Å².